The fourth-order valence-corrected chi connectivity index (χ4v) is 2.16. The number of tetrazole rings is 1. The Morgan fingerprint density at radius 2 is 2.47 bits per heavy atom. The van der Waals surface area contributed by atoms with Gasteiger partial charge in [0.05, 0.1) is 6.04 Å². The number of aromatic nitrogens is 4. The van der Waals surface area contributed by atoms with Gasteiger partial charge in [0.1, 0.15) is 12.4 Å². The van der Waals surface area contributed by atoms with E-state index in [4.69, 9.17) is 0 Å². The topological polar surface area (TPSA) is 72.7 Å². The lowest BCUT2D eigenvalue weighted by Crippen LogP contribution is -2.30. The van der Waals surface area contributed by atoms with E-state index in [1.807, 2.05) is 24.4 Å². The third-order valence-corrected chi connectivity index (χ3v) is 3.41. The summed E-state index contributed by atoms with van der Waals surface area (Å²) >= 11 is 1.62. The highest BCUT2D eigenvalue weighted by molar-refractivity contribution is 7.10. The highest BCUT2D eigenvalue weighted by Crippen LogP contribution is 2.17. The molecule has 0 aliphatic carbocycles. The van der Waals surface area contributed by atoms with Gasteiger partial charge in [-0.25, -0.2) is 4.68 Å². The number of aryl methyl sites for hydroxylation is 1. The van der Waals surface area contributed by atoms with E-state index >= 15 is 0 Å². The summed E-state index contributed by atoms with van der Waals surface area (Å²) in [7, 11) is 0. The van der Waals surface area contributed by atoms with Gasteiger partial charge in [0.15, 0.2) is 0 Å². The zero-order chi connectivity index (χ0) is 12.3. The first-order chi connectivity index (χ1) is 8.16. The van der Waals surface area contributed by atoms with Crippen molar-refractivity contribution in [3.8, 4) is 0 Å². The number of rotatable bonds is 4. The smallest absolute Gasteiger partial charge is 0.242 e. The molecule has 0 aliphatic rings. The Hall–Kier alpha value is -1.76. The van der Waals surface area contributed by atoms with Crippen LogP contribution in [0.25, 0.3) is 0 Å². The van der Waals surface area contributed by atoms with Crippen molar-refractivity contribution in [1.29, 1.82) is 0 Å². The van der Waals surface area contributed by atoms with E-state index in [-0.39, 0.29) is 18.5 Å². The van der Waals surface area contributed by atoms with Crippen LogP contribution in [0.5, 0.6) is 0 Å². The largest absolute Gasteiger partial charge is 0.347 e. The second kappa shape index (κ2) is 5.05. The van der Waals surface area contributed by atoms with Crippen LogP contribution in [-0.2, 0) is 11.3 Å². The van der Waals surface area contributed by atoms with Crippen LogP contribution in [-0.4, -0.2) is 26.1 Å². The molecule has 0 aromatic carbocycles. The van der Waals surface area contributed by atoms with Crippen molar-refractivity contribution in [2.75, 3.05) is 0 Å². The van der Waals surface area contributed by atoms with Crippen molar-refractivity contribution in [2.45, 2.75) is 26.4 Å². The predicted octanol–water partition coefficient (Wildman–Crippen LogP) is 0.920. The van der Waals surface area contributed by atoms with Crippen molar-refractivity contribution < 1.29 is 4.79 Å². The van der Waals surface area contributed by atoms with E-state index in [2.05, 4.69) is 20.8 Å². The molecule has 7 heteroatoms. The van der Waals surface area contributed by atoms with Gasteiger partial charge in [0.2, 0.25) is 5.91 Å². The molecule has 2 aromatic rings. The molecular formula is C10H13N5OS. The normalized spacial score (nSPS) is 12.4. The van der Waals surface area contributed by atoms with Gasteiger partial charge in [-0.1, -0.05) is 6.07 Å². The maximum Gasteiger partial charge on any atom is 0.242 e. The summed E-state index contributed by atoms with van der Waals surface area (Å²) in [5.74, 6) is 0.533. The summed E-state index contributed by atoms with van der Waals surface area (Å²) in [6.07, 6.45) is 0. The molecule has 6 nitrogen and oxygen atoms in total. The summed E-state index contributed by atoms with van der Waals surface area (Å²) in [6.45, 7) is 3.86. The molecule has 2 aromatic heterocycles. The highest BCUT2D eigenvalue weighted by atomic mass is 32.1. The highest BCUT2D eigenvalue weighted by Gasteiger charge is 2.12. The first-order valence-electron chi connectivity index (χ1n) is 5.22. The lowest BCUT2D eigenvalue weighted by Gasteiger charge is -2.11. The minimum atomic E-state index is -0.0960. The molecule has 1 atom stereocenters. The predicted molar refractivity (Wildman–Crippen MR) is 63.4 cm³/mol. The Bertz CT molecular complexity index is 493. The second-order valence-electron chi connectivity index (χ2n) is 3.69. The molecule has 17 heavy (non-hydrogen) atoms. The maximum atomic E-state index is 11.7. The average Bonchev–Trinajstić information content (AvgIpc) is 2.90. The zero-order valence-corrected chi connectivity index (χ0v) is 10.4. The van der Waals surface area contributed by atoms with Crippen LogP contribution in [0.1, 0.15) is 23.7 Å². The van der Waals surface area contributed by atoms with E-state index < -0.39 is 0 Å². The van der Waals surface area contributed by atoms with Crippen LogP contribution < -0.4 is 5.32 Å². The third kappa shape index (κ3) is 2.88. The van der Waals surface area contributed by atoms with Crippen molar-refractivity contribution in [2.24, 2.45) is 0 Å². The van der Waals surface area contributed by atoms with Gasteiger partial charge < -0.3 is 5.32 Å². The average molecular weight is 251 g/mol. The molecule has 0 bridgehead atoms. The maximum absolute atomic E-state index is 11.7. The van der Waals surface area contributed by atoms with Gasteiger partial charge in [-0.15, -0.1) is 16.4 Å². The Labute approximate surface area is 103 Å². The minimum Gasteiger partial charge on any atom is -0.347 e. The van der Waals surface area contributed by atoms with Gasteiger partial charge in [-0.3, -0.25) is 4.79 Å². The molecule has 0 saturated carbocycles. The summed E-state index contributed by atoms with van der Waals surface area (Å²) in [6, 6.07) is 3.98. The first kappa shape index (κ1) is 11.7. The molecule has 0 fully saturated rings. The van der Waals surface area contributed by atoms with E-state index in [1.54, 1.807) is 18.3 Å². The van der Waals surface area contributed by atoms with Gasteiger partial charge >= 0.3 is 0 Å². The molecule has 0 spiro atoms. The molecule has 0 aliphatic heterocycles. The van der Waals surface area contributed by atoms with Gasteiger partial charge in [0.25, 0.3) is 0 Å². The van der Waals surface area contributed by atoms with E-state index in [0.29, 0.717) is 5.82 Å². The zero-order valence-electron chi connectivity index (χ0n) is 9.62. The van der Waals surface area contributed by atoms with Crippen molar-refractivity contribution in [3.63, 3.8) is 0 Å². The Balaban J connectivity index is 1.92. The number of hydrogen-bond acceptors (Lipinski definition) is 5. The fourth-order valence-electron chi connectivity index (χ4n) is 1.43. The fraction of sp³-hybridized carbons (Fsp3) is 0.400. The number of carbonyl (C=O) groups excluding carboxylic acids is 1. The monoisotopic (exact) mass is 251 g/mol. The summed E-state index contributed by atoms with van der Waals surface area (Å²) < 4.78 is 1.47. The standard InChI is InChI=1S/C10H13N5OS/c1-7(9-4-3-5-17-9)11-10(16)6-15-8(2)12-13-14-15/h3-5,7H,6H2,1-2H3,(H,11,16)/t7-/m0/s1. The number of thiophene rings is 1. The number of hydrogen-bond donors (Lipinski definition) is 1. The van der Waals surface area contributed by atoms with Crippen molar-refractivity contribution in [3.05, 3.63) is 28.2 Å². The van der Waals surface area contributed by atoms with E-state index in [0.717, 1.165) is 4.88 Å². The Morgan fingerprint density at radius 1 is 1.65 bits per heavy atom. The van der Waals surface area contributed by atoms with Crippen molar-refractivity contribution >= 4 is 17.2 Å². The number of carbonyl (C=O) groups is 1. The van der Waals surface area contributed by atoms with Gasteiger partial charge in [-0.2, -0.15) is 0 Å². The summed E-state index contributed by atoms with van der Waals surface area (Å²) in [4.78, 5) is 12.9. The van der Waals surface area contributed by atoms with Crippen molar-refractivity contribution in [1.82, 2.24) is 25.5 Å². The molecule has 1 N–H and O–H groups in total. The Morgan fingerprint density at radius 3 is 3.06 bits per heavy atom. The molecule has 1 amide bonds. The number of amides is 1. The van der Waals surface area contributed by atoms with E-state index in [9.17, 15) is 4.79 Å². The number of nitrogens with one attached hydrogen (secondary N) is 1. The number of nitrogens with zero attached hydrogens (tertiary/aromatic N) is 4. The van der Waals surface area contributed by atoms with Gasteiger partial charge in [-0.05, 0) is 35.7 Å². The molecular weight excluding hydrogens is 238 g/mol. The van der Waals surface area contributed by atoms with Crippen LogP contribution in [0.3, 0.4) is 0 Å². The first-order valence-corrected chi connectivity index (χ1v) is 6.10. The molecule has 2 rings (SSSR count). The van der Waals surface area contributed by atoms with Crippen LogP contribution >= 0.6 is 11.3 Å². The Kier molecular flexibility index (Phi) is 3.48. The quantitative estimate of drug-likeness (QED) is 0.877. The molecule has 0 unspecified atom stereocenters. The second-order valence-corrected chi connectivity index (χ2v) is 4.67. The van der Waals surface area contributed by atoms with Gasteiger partial charge in [0, 0.05) is 4.88 Å². The molecule has 90 valence electrons. The van der Waals surface area contributed by atoms with Crippen LogP contribution in [0, 0.1) is 6.92 Å². The molecule has 2 heterocycles. The SMILES string of the molecule is Cc1nnnn1CC(=O)N[C@@H](C)c1cccs1. The summed E-state index contributed by atoms with van der Waals surface area (Å²) in [5, 5.41) is 15.8. The summed E-state index contributed by atoms with van der Waals surface area (Å²) in [5.41, 5.74) is 0. The molecule has 0 saturated heterocycles. The molecule has 0 radical (unpaired) electrons. The minimum absolute atomic E-state index is 0.0132. The van der Waals surface area contributed by atoms with Crippen LogP contribution in [0.2, 0.25) is 0 Å². The third-order valence-electron chi connectivity index (χ3n) is 2.35. The van der Waals surface area contributed by atoms with Crippen LogP contribution in [0.15, 0.2) is 17.5 Å². The van der Waals surface area contributed by atoms with Crippen LogP contribution in [0.4, 0.5) is 0 Å². The van der Waals surface area contributed by atoms with E-state index in [1.165, 1.54) is 4.68 Å². The lowest BCUT2D eigenvalue weighted by atomic mass is 10.3. The lowest BCUT2D eigenvalue weighted by molar-refractivity contribution is -0.122.